The molecule has 2 aromatic rings. The van der Waals surface area contributed by atoms with E-state index in [2.05, 4.69) is 12.1 Å². The highest BCUT2D eigenvalue weighted by Crippen LogP contribution is 2.24. The molecule has 0 radical (unpaired) electrons. The van der Waals surface area contributed by atoms with Gasteiger partial charge < -0.3 is 5.73 Å². The molecule has 0 saturated carbocycles. The first kappa shape index (κ1) is 13.1. The molecule has 0 amide bonds. The minimum absolute atomic E-state index is 0.184. The zero-order chi connectivity index (χ0) is 12.8. The molecule has 0 aromatic heterocycles. The van der Waals surface area contributed by atoms with Crippen molar-refractivity contribution in [1.29, 1.82) is 0 Å². The van der Waals surface area contributed by atoms with Gasteiger partial charge in [0.2, 0.25) is 0 Å². The highest BCUT2D eigenvalue weighted by molar-refractivity contribution is 7.98. The number of nitrogens with two attached hydrogens (primary N) is 1. The summed E-state index contributed by atoms with van der Waals surface area (Å²) in [6.07, 6.45) is 0.719. The van der Waals surface area contributed by atoms with Crippen LogP contribution < -0.4 is 5.73 Å². The molecule has 2 rings (SSSR count). The summed E-state index contributed by atoms with van der Waals surface area (Å²) in [5, 5.41) is 0. The molecule has 2 N–H and O–H groups in total. The summed E-state index contributed by atoms with van der Waals surface area (Å²) in [7, 11) is 0. The molecule has 0 saturated heterocycles. The predicted octanol–water partition coefficient (Wildman–Crippen LogP) is 3.62. The third-order valence-corrected chi connectivity index (χ3v) is 3.66. The first-order valence-electron chi connectivity index (χ1n) is 5.94. The van der Waals surface area contributed by atoms with E-state index >= 15 is 0 Å². The standard InChI is InChI=1S/C15H16FNS/c16-14-8-13(6-7-17)9-15(10-14)18-11-12-4-2-1-3-5-12/h1-5,8-10H,6-7,11,17H2. The van der Waals surface area contributed by atoms with E-state index in [9.17, 15) is 4.39 Å². The summed E-state index contributed by atoms with van der Waals surface area (Å²) in [6, 6.07) is 15.3. The van der Waals surface area contributed by atoms with Crippen LogP contribution in [0.5, 0.6) is 0 Å². The Morgan fingerprint density at radius 1 is 1.00 bits per heavy atom. The fraction of sp³-hybridized carbons (Fsp3) is 0.200. The van der Waals surface area contributed by atoms with Crippen molar-refractivity contribution in [3.05, 3.63) is 65.5 Å². The molecule has 3 heteroatoms. The van der Waals surface area contributed by atoms with Crippen LogP contribution in [0.3, 0.4) is 0 Å². The lowest BCUT2D eigenvalue weighted by atomic mass is 10.1. The molecular weight excluding hydrogens is 245 g/mol. The van der Waals surface area contributed by atoms with Gasteiger partial charge in [-0.05, 0) is 42.3 Å². The first-order chi connectivity index (χ1) is 8.78. The van der Waals surface area contributed by atoms with Gasteiger partial charge in [0.05, 0.1) is 0 Å². The van der Waals surface area contributed by atoms with E-state index < -0.39 is 0 Å². The molecule has 0 unspecified atom stereocenters. The van der Waals surface area contributed by atoms with Crippen LogP contribution in [-0.2, 0) is 12.2 Å². The Labute approximate surface area is 111 Å². The Hall–Kier alpha value is -1.32. The van der Waals surface area contributed by atoms with Crippen LogP contribution in [0.15, 0.2) is 53.4 Å². The molecule has 0 fully saturated rings. The van der Waals surface area contributed by atoms with Crippen molar-refractivity contribution in [2.24, 2.45) is 5.73 Å². The van der Waals surface area contributed by atoms with Gasteiger partial charge in [0.25, 0.3) is 0 Å². The summed E-state index contributed by atoms with van der Waals surface area (Å²) < 4.78 is 13.4. The Morgan fingerprint density at radius 3 is 2.50 bits per heavy atom. The maximum absolute atomic E-state index is 13.4. The Balaban J connectivity index is 2.05. The lowest BCUT2D eigenvalue weighted by Gasteiger charge is -2.05. The van der Waals surface area contributed by atoms with Gasteiger partial charge in [-0.2, -0.15) is 0 Å². The van der Waals surface area contributed by atoms with E-state index in [1.807, 2.05) is 24.3 Å². The smallest absolute Gasteiger partial charge is 0.124 e. The number of hydrogen-bond donors (Lipinski definition) is 1. The number of thioether (sulfide) groups is 1. The molecule has 0 aliphatic heterocycles. The van der Waals surface area contributed by atoms with E-state index in [-0.39, 0.29) is 5.82 Å². The van der Waals surface area contributed by atoms with Crippen molar-refractivity contribution < 1.29 is 4.39 Å². The van der Waals surface area contributed by atoms with Gasteiger partial charge in [-0.1, -0.05) is 30.3 Å². The number of hydrogen-bond acceptors (Lipinski definition) is 2. The largest absolute Gasteiger partial charge is 0.330 e. The summed E-state index contributed by atoms with van der Waals surface area (Å²) in [6.45, 7) is 0.548. The van der Waals surface area contributed by atoms with Crippen LogP contribution in [-0.4, -0.2) is 6.54 Å². The van der Waals surface area contributed by atoms with Gasteiger partial charge in [0, 0.05) is 10.6 Å². The number of rotatable bonds is 5. The molecule has 0 heterocycles. The molecule has 2 aromatic carbocycles. The third-order valence-electron chi connectivity index (χ3n) is 2.61. The molecule has 94 valence electrons. The van der Waals surface area contributed by atoms with Gasteiger partial charge >= 0.3 is 0 Å². The first-order valence-corrected chi connectivity index (χ1v) is 6.93. The van der Waals surface area contributed by atoms with Crippen molar-refractivity contribution in [3.8, 4) is 0 Å². The van der Waals surface area contributed by atoms with Crippen molar-refractivity contribution >= 4 is 11.8 Å². The Kier molecular flexibility index (Phi) is 4.79. The van der Waals surface area contributed by atoms with E-state index in [0.717, 1.165) is 22.6 Å². The maximum atomic E-state index is 13.4. The van der Waals surface area contributed by atoms with Crippen LogP contribution in [0, 0.1) is 5.82 Å². The van der Waals surface area contributed by atoms with Gasteiger partial charge in [-0.3, -0.25) is 0 Å². The summed E-state index contributed by atoms with van der Waals surface area (Å²) in [4.78, 5) is 0.960. The zero-order valence-corrected chi connectivity index (χ0v) is 10.9. The lowest BCUT2D eigenvalue weighted by molar-refractivity contribution is 0.621. The maximum Gasteiger partial charge on any atom is 0.124 e. The molecular formula is C15H16FNS. The summed E-state index contributed by atoms with van der Waals surface area (Å²) in [5.41, 5.74) is 7.70. The van der Waals surface area contributed by atoms with Gasteiger partial charge in [-0.25, -0.2) is 4.39 Å². The van der Waals surface area contributed by atoms with Crippen molar-refractivity contribution in [3.63, 3.8) is 0 Å². The third kappa shape index (κ3) is 3.86. The quantitative estimate of drug-likeness (QED) is 0.832. The van der Waals surface area contributed by atoms with E-state index in [1.165, 1.54) is 5.56 Å². The van der Waals surface area contributed by atoms with E-state index in [1.54, 1.807) is 23.9 Å². The van der Waals surface area contributed by atoms with Gasteiger partial charge in [0.15, 0.2) is 0 Å². The Morgan fingerprint density at radius 2 is 1.78 bits per heavy atom. The molecule has 0 aliphatic rings. The van der Waals surface area contributed by atoms with Gasteiger partial charge in [0.1, 0.15) is 5.82 Å². The van der Waals surface area contributed by atoms with Crippen molar-refractivity contribution in [2.75, 3.05) is 6.54 Å². The number of benzene rings is 2. The van der Waals surface area contributed by atoms with Crippen molar-refractivity contribution in [2.45, 2.75) is 17.1 Å². The monoisotopic (exact) mass is 261 g/mol. The molecule has 0 spiro atoms. The predicted molar refractivity (Wildman–Crippen MR) is 75.2 cm³/mol. The molecule has 0 aliphatic carbocycles. The van der Waals surface area contributed by atoms with Crippen LogP contribution in [0.1, 0.15) is 11.1 Å². The minimum Gasteiger partial charge on any atom is -0.330 e. The van der Waals surface area contributed by atoms with Crippen LogP contribution in [0.25, 0.3) is 0 Å². The second-order valence-corrected chi connectivity index (χ2v) is 5.16. The fourth-order valence-electron chi connectivity index (χ4n) is 1.76. The van der Waals surface area contributed by atoms with Crippen LogP contribution >= 0.6 is 11.8 Å². The van der Waals surface area contributed by atoms with Gasteiger partial charge in [-0.15, -0.1) is 11.8 Å². The van der Waals surface area contributed by atoms with E-state index in [4.69, 9.17) is 5.73 Å². The number of halogens is 1. The average molecular weight is 261 g/mol. The normalized spacial score (nSPS) is 10.6. The minimum atomic E-state index is -0.184. The van der Waals surface area contributed by atoms with E-state index in [0.29, 0.717) is 6.54 Å². The molecule has 1 nitrogen and oxygen atoms in total. The highest BCUT2D eigenvalue weighted by atomic mass is 32.2. The lowest BCUT2D eigenvalue weighted by Crippen LogP contribution is -2.03. The Bertz CT molecular complexity index is 499. The fourth-order valence-corrected chi connectivity index (χ4v) is 2.71. The second kappa shape index (κ2) is 6.57. The van der Waals surface area contributed by atoms with Crippen molar-refractivity contribution in [1.82, 2.24) is 0 Å². The molecule has 0 atom stereocenters. The van der Waals surface area contributed by atoms with Crippen LogP contribution in [0.4, 0.5) is 4.39 Å². The summed E-state index contributed by atoms with van der Waals surface area (Å²) in [5.74, 6) is 0.670. The average Bonchev–Trinajstić information content (AvgIpc) is 2.37. The molecule has 18 heavy (non-hydrogen) atoms. The summed E-state index contributed by atoms with van der Waals surface area (Å²) >= 11 is 1.65. The topological polar surface area (TPSA) is 26.0 Å². The zero-order valence-electron chi connectivity index (χ0n) is 10.1. The van der Waals surface area contributed by atoms with Crippen LogP contribution in [0.2, 0.25) is 0 Å². The SMILES string of the molecule is NCCc1cc(F)cc(SCc2ccccc2)c1. The highest BCUT2D eigenvalue weighted by Gasteiger charge is 2.02. The molecule has 0 bridgehead atoms. The second-order valence-electron chi connectivity index (χ2n) is 4.11.